The van der Waals surface area contributed by atoms with E-state index < -0.39 is 10.8 Å². The van der Waals surface area contributed by atoms with E-state index in [1.165, 1.54) is 67.0 Å². The average Bonchev–Trinajstić information content (AvgIpc) is 3.97. The lowest BCUT2D eigenvalue weighted by atomic mass is 9.73. The highest BCUT2D eigenvalue weighted by Crippen LogP contribution is 2.52. The molecular weight excluding hydrogens is 949 g/mol. The third kappa shape index (κ3) is 9.59. The summed E-state index contributed by atoms with van der Waals surface area (Å²) < 4.78 is 9.55. The molecule has 0 bridgehead atoms. The monoisotopic (exact) mass is 1020 g/mol. The summed E-state index contributed by atoms with van der Waals surface area (Å²) in [7, 11) is 0. The zero-order chi connectivity index (χ0) is 54.8. The van der Waals surface area contributed by atoms with E-state index in [0.717, 1.165) is 39.4 Å². The molecule has 3 heterocycles. The summed E-state index contributed by atoms with van der Waals surface area (Å²) in [5, 5.41) is 2.31. The van der Waals surface area contributed by atoms with Crippen LogP contribution in [-0.2, 0) is 27.1 Å². The quantitative estimate of drug-likeness (QED) is 0.122. The molecule has 0 atom stereocenters. The highest BCUT2D eigenvalue weighted by Gasteiger charge is 2.47. The van der Waals surface area contributed by atoms with Gasteiger partial charge in [0.2, 0.25) is 0 Å². The minimum Gasteiger partial charge on any atom is -0.457 e. The molecule has 5 heteroatoms. The SMILES string of the molecule is CC(C)(C)c1cc(Oc2ccc3c4ccccc4n(-c4cc(C(C)(C)c5ccccc5)ccn4)c3c2)cc(N2CN(c3cc(-c4ccccc4)cc(C(C)(C)C)c3)C(C(C)(C)c3ccccc3)=C2C(C)(C)c2ccccc2)c1. The van der Waals surface area contributed by atoms with E-state index in [1.807, 2.05) is 6.20 Å². The molecule has 10 aromatic rings. The van der Waals surface area contributed by atoms with Crippen molar-refractivity contribution in [1.82, 2.24) is 9.55 Å². The van der Waals surface area contributed by atoms with Gasteiger partial charge in [-0.1, -0.05) is 229 Å². The van der Waals surface area contributed by atoms with Crippen molar-refractivity contribution in [2.75, 3.05) is 16.5 Å². The number of aromatic nitrogens is 2. The molecule has 1 aliphatic heterocycles. The first-order chi connectivity index (χ1) is 37.2. The highest BCUT2D eigenvalue weighted by atomic mass is 16.5. The Balaban J connectivity index is 1.10. The van der Waals surface area contributed by atoms with Crippen LogP contribution in [0.2, 0.25) is 0 Å². The molecule has 5 nitrogen and oxygen atoms in total. The maximum Gasteiger partial charge on any atom is 0.137 e. The minimum atomic E-state index is -0.458. The number of benzene rings is 8. The van der Waals surface area contributed by atoms with Crippen molar-refractivity contribution in [2.45, 2.75) is 110 Å². The molecular formula is C73H74N4O. The minimum absolute atomic E-state index is 0.103. The summed E-state index contributed by atoms with van der Waals surface area (Å²) >= 11 is 0. The zero-order valence-corrected chi connectivity index (χ0v) is 47.7. The molecule has 0 spiro atoms. The van der Waals surface area contributed by atoms with Crippen LogP contribution in [-0.4, -0.2) is 16.2 Å². The number of anilines is 2. The third-order valence-corrected chi connectivity index (χ3v) is 16.6. The Hall–Kier alpha value is -8.15. The number of hydrogen-bond donors (Lipinski definition) is 0. The van der Waals surface area contributed by atoms with Crippen LogP contribution in [0.5, 0.6) is 11.5 Å². The van der Waals surface area contributed by atoms with Gasteiger partial charge in [-0.25, -0.2) is 4.98 Å². The molecule has 0 saturated carbocycles. The second-order valence-electron chi connectivity index (χ2n) is 25.1. The zero-order valence-electron chi connectivity index (χ0n) is 47.7. The van der Waals surface area contributed by atoms with E-state index in [-0.39, 0.29) is 16.2 Å². The lowest BCUT2D eigenvalue weighted by Gasteiger charge is -2.38. The number of nitrogens with zero attached hydrogens (tertiary/aromatic N) is 4. The standard InChI is InChI=1S/C73H74N4O/c1-69(2,3)56-41-51(50-27-17-13-18-28-50)42-58(43-56)75-49-76(68(73(11,12)54-33-23-16-24-34-54)67(75)72(9,10)53-31-21-15-22-32-53)59-44-57(70(4,5)6)45-61(47-59)78-60-37-38-63-62-35-25-26-36-64(62)77(65(63)48-60)66-46-55(39-40-74-66)71(7,8)52-29-19-14-20-30-52/h13-48H,49H2,1-12H3. The Kier molecular flexibility index (Phi) is 13.1. The van der Waals surface area contributed by atoms with Crippen LogP contribution in [0.15, 0.2) is 230 Å². The molecule has 392 valence electrons. The summed E-state index contributed by atoms with van der Waals surface area (Å²) in [6, 6.07) is 77.5. The van der Waals surface area contributed by atoms with Crippen LogP contribution in [0.3, 0.4) is 0 Å². The van der Waals surface area contributed by atoms with Crippen molar-refractivity contribution in [3.63, 3.8) is 0 Å². The normalized spacial score (nSPS) is 13.7. The molecule has 0 radical (unpaired) electrons. The number of rotatable bonds is 12. The maximum absolute atomic E-state index is 7.25. The van der Waals surface area contributed by atoms with Crippen LogP contribution >= 0.6 is 0 Å². The summed E-state index contributed by atoms with van der Waals surface area (Å²) in [5.74, 6) is 2.41. The molecule has 0 N–H and O–H groups in total. The van der Waals surface area contributed by atoms with Crippen LogP contribution in [0.4, 0.5) is 11.4 Å². The lowest BCUT2D eigenvalue weighted by molar-refractivity contribution is 0.479. The molecule has 78 heavy (non-hydrogen) atoms. The van der Waals surface area contributed by atoms with Gasteiger partial charge in [0, 0.05) is 56.7 Å². The van der Waals surface area contributed by atoms with Gasteiger partial charge in [-0.2, -0.15) is 0 Å². The third-order valence-electron chi connectivity index (χ3n) is 16.6. The summed E-state index contributed by atoms with van der Waals surface area (Å²) in [6.45, 7) is 28.7. The Labute approximate surface area is 463 Å². The number of para-hydroxylation sites is 1. The Bertz CT molecular complexity index is 3830. The summed E-state index contributed by atoms with van der Waals surface area (Å²) in [5.41, 5.74) is 15.3. The van der Waals surface area contributed by atoms with Crippen LogP contribution in [0.25, 0.3) is 38.8 Å². The van der Waals surface area contributed by atoms with Crippen molar-refractivity contribution < 1.29 is 4.74 Å². The second kappa shape index (κ2) is 19.7. The first-order valence-electron chi connectivity index (χ1n) is 27.7. The first kappa shape index (κ1) is 51.9. The van der Waals surface area contributed by atoms with Crippen LogP contribution in [0.1, 0.15) is 116 Å². The van der Waals surface area contributed by atoms with Gasteiger partial charge in [-0.05, 0) is 110 Å². The van der Waals surface area contributed by atoms with Gasteiger partial charge in [-0.15, -0.1) is 0 Å². The van der Waals surface area contributed by atoms with Gasteiger partial charge < -0.3 is 14.5 Å². The second-order valence-corrected chi connectivity index (χ2v) is 25.1. The van der Waals surface area contributed by atoms with E-state index in [1.54, 1.807) is 0 Å². The van der Waals surface area contributed by atoms with Crippen molar-refractivity contribution in [3.05, 3.63) is 263 Å². The first-order valence-corrected chi connectivity index (χ1v) is 27.7. The van der Waals surface area contributed by atoms with Crippen molar-refractivity contribution >= 4 is 33.2 Å². The van der Waals surface area contributed by atoms with Gasteiger partial charge in [0.1, 0.15) is 17.3 Å². The van der Waals surface area contributed by atoms with Gasteiger partial charge in [-0.3, -0.25) is 4.57 Å². The number of ether oxygens (including phenoxy) is 1. The fraction of sp³-hybridized carbons (Fsp3) is 0.247. The topological polar surface area (TPSA) is 33.5 Å². The fourth-order valence-electron chi connectivity index (χ4n) is 11.8. The smallest absolute Gasteiger partial charge is 0.137 e. The Morgan fingerprint density at radius 2 is 0.846 bits per heavy atom. The maximum atomic E-state index is 7.25. The molecule has 8 aromatic carbocycles. The van der Waals surface area contributed by atoms with Crippen LogP contribution in [0, 0.1) is 0 Å². The van der Waals surface area contributed by atoms with Crippen molar-refractivity contribution in [2.24, 2.45) is 0 Å². The number of hydrogen-bond acceptors (Lipinski definition) is 4. The fourth-order valence-corrected chi connectivity index (χ4v) is 11.8. The van der Waals surface area contributed by atoms with Gasteiger partial charge in [0.25, 0.3) is 0 Å². The van der Waals surface area contributed by atoms with Gasteiger partial charge in [0.15, 0.2) is 0 Å². The predicted octanol–water partition coefficient (Wildman–Crippen LogP) is 19.0. The van der Waals surface area contributed by atoms with Crippen molar-refractivity contribution in [1.29, 1.82) is 0 Å². The molecule has 11 rings (SSSR count). The van der Waals surface area contributed by atoms with E-state index in [9.17, 15) is 0 Å². The van der Waals surface area contributed by atoms with E-state index in [4.69, 9.17) is 9.72 Å². The van der Waals surface area contributed by atoms with Gasteiger partial charge >= 0.3 is 0 Å². The Morgan fingerprint density at radius 1 is 0.359 bits per heavy atom. The molecule has 2 aromatic heterocycles. The van der Waals surface area contributed by atoms with Crippen molar-refractivity contribution in [3.8, 4) is 28.4 Å². The van der Waals surface area contributed by atoms with E-state index in [2.05, 4.69) is 310 Å². The number of pyridine rings is 1. The van der Waals surface area contributed by atoms with E-state index >= 15 is 0 Å². The number of allylic oxidation sites excluding steroid dienone is 2. The number of fused-ring (bicyclic) bond motifs is 3. The van der Waals surface area contributed by atoms with E-state index in [0.29, 0.717) is 6.67 Å². The Morgan fingerprint density at radius 3 is 1.41 bits per heavy atom. The highest BCUT2D eigenvalue weighted by molar-refractivity contribution is 6.09. The van der Waals surface area contributed by atoms with Crippen LogP contribution < -0.4 is 14.5 Å². The lowest BCUT2D eigenvalue weighted by Crippen LogP contribution is -2.35. The largest absolute Gasteiger partial charge is 0.457 e. The average molecular weight is 1020 g/mol. The molecule has 0 fully saturated rings. The molecule has 0 aliphatic carbocycles. The summed E-state index contributed by atoms with van der Waals surface area (Å²) in [6.07, 6.45) is 1.95. The predicted molar refractivity (Wildman–Crippen MR) is 329 cm³/mol. The molecule has 1 aliphatic rings. The molecule has 0 saturated heterocycles. The molecule has 0 unspecified atom stereocenters. The molecule has 0 amide bonds. The van der Waals surface area contributed by atoms with Gasteiger partial charge in [0.05, 0.1) is 29.1 Å². The summed E-state index contributed by atoms with van der Waals surface area (Å²) in [4.78, 5) is 10.3.